The van der Waals surface area contributed by atoms with E-state index in [1.165, 1.54) is 0 Å². The fraction of sp³-hybridized carbons (Fsp3) is 0.462. The first kappa shape index (κ1) is 11.8. The molecule has 1 unspecified atom stereocenters. The lowest BCUT2D eigenvalue weighted by molar-refractivity contribution is 0.160. The average molecular weight is 234 g/mol. The quantitative estimate of drug-likeness (QED) is 0.853. The van der Waals surface area contributed by atoms with Crippen LogP contribution in [0, 0.1) is 0 Å². The van der Waals surface area contributed by atoms with Crippen molar-refractivity contribution in [1.82, 2.24) is 4.90 Å². The molecule has 1 atom stereocenters. The Bertz CT molecular complexity index is 389. The topological polar surface area (TPSA) is 55.6 Å². The van der Waals surface area contributed by atoms with E-state index in [0.717, 1.165) is 37.1 Å². The third kappa shape index (κ3) is 2.52. The summed E-state index contributed by atoms with van der Waals surface area (Å²) in [6.45, 7) is 0.756. The molecule has 0 aliphatic carbocycles. The molecular formula is C13H18N2O2. The van der Waals surface area contributed by atoms with Crippen LogP contribution in [0.1, 0.15) is 30.9 Å². The number of likely N-dealkylation sites (tertiary alicyclic amines) is 1. The van der Waals surface area contributed by atoms with Gasteiger partial charge < -0.3 is 15.4 Å². The molecule has 2 N–H and O–H groups in total. The molecule has 1 aliphatic heterocycles. The number of nitrogens with two attached hydrogens (primary N) is 1. The summed E-state index contributed by atoms with van der Waals surface area (Å²) in [5.41, 5.74) is 6.54. The van der Waals surface area contributed by atoms with Gasteiger partial charge in [-0.15, -0.1) is 0 Å². The number of carbonyl (C=O) groups is 1. The number of primary amides is 1. The van der Waals surface area contributed by atoms with Crippen molar-refractivity contribution < 1.29 is 9.53 Å². The average Bonchev–Trinajstić information content (AvgIpc) is 2.39. The van der Waals surface area contributed by atoms with Crippen molar-refractivity contribution in [3.8, 4) is 5.75 Å². The molecule has 1 saturated heterocycles. The third-order valence-corrected chi connectivity index (χ3v) is 3.29. The number of amides is 2. The molecule has 1 aromatic carbocycles. The van der Waals surface area contributed by atoms with Crippen molar-refractivity contribution >= 4 is 6.03 Å². The smallest absolute Gasteiger partial charge is 0.315 e. The summed E-state index contributed by atoms with van der Waals surface area (Å²) < 4.78 is 5.13. The van der Waals surface area contributed by atoms with Crippen LogP contribution in [0.2, 0.25) is 0 Å². The fourth-order valence-electron chi connectivity index (χ4n) is 2.37. The minimum absolute atomic E-state index is 0.118. The highest BCUT2D eigenvalue weighted by molar-refractivity contribution is 5.72. The highest BCUT2D eigenvalue weighted by Gasteiger charge is 2.26. The Hall–Kier alpha value is -1.71. The number of hydrogen-bond donors (Lipinski definition) is 1. The largest absolute Gasteiger partial charge is 0.497 e. The molecule has 0 spiro atoms. The number of urea groups is 1. The van der Waals surface area contributed by atoms with Crippen molar-refractivity contribution in [2.45, 2.75) is 25.3 Å². The molecule has 1 fully saturated rings. The van der Waals surface area contributed by atoms with E-state index in [9.17, 15) is 4.79 Å². The van der Waals surface area contributed by atoms with Crippen molar-refractivity contribution in [1.29, 1.82) is 0 Å². The lowest BCUT2D eigenvalue weighted by atomic mass is 9.95. The van der Waals surface area contributed by atoms with E-state index < -0.39 is 0 Å². The number of ether oxygens (including phenoxy) is 1. The van der Waals surface area contributed by atoms with Gasteiger partial charge in [0.1, 0.15) is 5.75 Å². The Morgan fingerprint density at radius 2 is 2.06 bits per heavy atom. The fourth-order valence-corrected chi connectivity index (χ4v) is 2.37. The van der Waals surface area contributed by atoms with E-state index in [1.54, 1.807) is 12.0 Å². The zero-order chi connectivity index (χ0) is 12.3. The van der Waals surface area contributed by atoms with Crippen molar-refractivity contribution in [2.24, 2.45) is 5.73 Å². The van der Waals surface area contributed by atoms with E-state index in [1.807, 2.05) is 24.3 Å². The molecular weight excluding hydrogens is 216 g/mol. The SMILES string of the molecule is COc1ccc(C2CCCCN2C(N)=O)cc1. The second kappa shape index (κ2) is 5.08. The minimum atomic E-state index is -0.328. The summed E-state index contributed by atoms with van der Waals surface area (Å²) >= 11 is 0. The van der Waals surface area contributed by atoms with E-state index in [-0.39, 0.29) is 12.1 Å². The Labute approximate surface area is 101 Å². The lowest BCUT2D eigenvalue weighted by Gasteiger charge is -2.34. The van der Waals surface area contributed by atoms with E-state index in [4.69, 9.17) is 10.5 Å². The molecule has 4 heteroatoms. The molecule has 1 aromatic rings. The molecule has 0 saturated carbocycles. The molecule has 92 valence electrons. The monoisotopic (exact) mass is 234 g/mol. The maximum atomic E-state index is 11.4. The number of nitrogens with zero attached hydrogens (tertiary/aromatic N) is 1. The van der Waals surface area contributed by atoms with E-state index >= 15 is 0 Å². The summed E-state index contributed by atoms with van der Waals surface area (Å²) in [6.07, 6.45) is 3.16. The van der Waals surface area contributed by atoms with E-state index in [2.05, 4.69) is 0 Å². The third-order valence-electron chi connectivity index (χ3n) is 3.29. The standard InChI is InChI=1S/C13H18N2O2/c1-17-11-7-5-10(6-8-11)12-4-2-3-9-15(12)13(14)16/h5-8,12H,2-4,9H2,1H3,(H2,14,16). The maximum absolute atomic E-state index is 11.4. The summed E-state index contributed by atoms with van der Waals surface area (Å²) in [5.74, 6) is 0.829. The van der Waals surface area contributed by atoms with Gasteiger partial charge in [0.15, 0.2) is 0 Å². The van der Waals surface area contributed by atoms with Gasteiger partial charge in [-0.2, -0.15) is 0 Å². The van der Waals surface area contributed by atoms with Crippen LogP contribution >= 0.6 is 0 Å². The number of rotatable bonds is 2. The Morgan fingerprint density at radius 3 is 2.65 bits per heavy atom. The van der Waals surface area contributed by atoms with Gasteiger partial charge >= 0.3 is 6.03 Å². The minimum Gasteiger partial charge on any atom is -0.497 e. The normalized spacial score (nSPS) is 20.1. The molecule has 1 heterocycles. The number of hydrogen-bond acceptors (Lipinski definition) is 2. The molecule has 1 aliphatic rings. The lowest BCUT2D eigenvalue weighted by Crippen LogP contribution is -2.41. The van der Waals surface area contributed by atoms with Crippen molar-refractivity contribution in [2.75, 3.05) is 13.7 Å². The highest BCUT2D eigenvalue weighted by atomic mass is 16.5. The second-order valence-electron chi connectivity index (χ2n) is 4.32. The molecule has 0 aromatic heterocycles. The highest BCUT2D eigenvalue weighted by Crippen LogP contribution is 2.31. The summed E-state index contributed by atoms with van der Waals surface area (Å²) in [4.78, 5) is 13.1. The van der Waals surface area contributed by atoms with Crippen LogP contribution in [0.4, 0.5) is 4.79 Å². The van der Waals surface area contributed by atoms with Gasteiger partial charge in [-0.3, -0.25) is 0 Å². The van der Waals surface area contributed by atoms with Crippen LogP contribution in [-0.2, 0) is 0 Å². The second-order valence-corrected chi connectivity index (χ2v) is 4.32. The number of benzene rings is 1. The van der Waals surface area contributed by atoms with Crippen LogP contribution in [0.3, 0.4) is 0 Å². The van der Waals surface area contributed by atoms with Crippen LogP contribution < -0.4 is 10.5 Å². The maximum Gasteiger partial charge on any atom is 0.315 e. The van der Waals surface area contributed by atoms with Gasteiger partial charge in [0, 0.05) is 6.54 Å². The van der Waals surface area contributed by atoms with Gasteiger partial charge in [-0.25, -0.2) is 4.79 Å². The Morgan fingerprint density at radius 1 is 1.35 bits per heavy atom. The van der Waals surface area contributed by atoms with Crippen LogP contribution in [-0.4, -0.2) is 24.6 Å². The Balaban J connectivity index is 2.20. The zero-order valence-corrected chi connectivity index (χ0v) is 10.1. The molecule has 17 heavy (non-hydrogen) atoms. The molecule has 2 rings (SSSR count). The van der Waals surface area contributed by atoms with Gasteiger partial charge in [0.05, 0.1) is 13.2 Å². The molecule has 0 bridgehead atoms. The molecule has 0 radical (unpaired) electrons. The predicted molar refractivity (Wildman–Crippen MR) is 65.9 cm³/mol. The number of carbonyl (C=O) groups excluding carboxylic acids is 1. The molecule has 2 amide bonds. The zero-order valence-electron chi connectivity index (χ0n) is 10.1. The first-order valence-electron chi connectivity index (χ1n) is 5.92. The van der Waals surface area contributed by atoms with E-state index in [0.29, 0.717) is 0 Å². The van der Waals surface area contributed by atoms with Gasteiger partial charge in [-0.05, 0) is 37.0 Å². The Kier molecular flexibility index (Phi) is 3.52. The van der Waals surface area contributed by atoms with Gasteiger partial charge in [0.25, 0.3) is 0 Å². The van der Waals surface area contributed by atoms with Crippen molar-refractivity contribution in [3.05, 3.63) is 29.8 Å². The molecule has 4 nitrogen and oxygen atoms in total. The summed E-state index contributed by atoms with van der Waals surface area (Å²) in [6, 6.07) is 7.64. The summed E-state index contributed by atoms with van der Waals surface area (Å²) in [5, 5.41) is 0. The summed E-state index contributed by atoms with van der Waals surface area (Å²) in [7, 11) is 1.64. The van der Waals surface area contributed by atoms with Crippen LogP contribution in [0.5, 0.6) is 5.75 Å². The predicted octanol–water partition coefficient (Wildman–Crippen LogP) is 2.30. The van der Waals surface area contributed by atoms with Gasteiger partial charge in [-0.1, -0.05) is 12.1 Å². The first-order valence-corrected chi connectivity index (χ1v) is 5.92. The number of methoxy groups -OCH3 is 1. The van der Waals surface area contributed by atoms with Gasteiger partial charge in [0.2, 0.25) is 0 Å². The number of piperidine rings is 1. The van der Waals surface area contributed by atoms with Crippen LogP contribution in [0.15, 0.2) is 24.3 Å². The van der Waals surface area contributed by atoms with Crippen LogP contribution in [0.25, 0.3) is 0 Å². The first-order chi connectivity index (χ1) is 8.22. The van der Waals surface area contributed by atoms with Crippen molar-refractivity contribution in [3.63, 3.8) is 0 Å².